The van der Waals surface area contributed by atoms with Crippen molar-refractivity contribution in [3.63, 3.8) is 0 Å². The largest absolute Gasteiger partial charge is 0.351 e. The fourth-order valence-electron chi connectivity index (χ4n) is 2.71. The van der Waals surface area contributed by atoms with E-state index in [0.717, 1.165) is 24.3 Å². The minimum atomic E-state index is -0.132. The Morgan fingerprint density at radius 2 is 1.62 bits per heavy atom. The Balaban J connectivity index is 1.86. The Morgan fingerprint density at radius 3 is 2.23 bits per heavy atom. The summed E-state index contributed by atoms with van der Waals surface area (Å²) in [7, 11) is 0. The van der Waals surface area contributed by atoms with Crippen molar-refractivity contribution in [1.29, 1.82) is 0 Å². The van der Waals surface area contributed by atoms with Gasteiger partial charge in [-0.05, 0) is 36.2 Å². The zero-order valence-corrected chi connectivity index (χ0v) is 14.9. The molecule has 0 saturated heterocycles. The summed E-state index contributed by atoms with van der Waals surface area (Å²) in [5.74, 6) is -0.132. The van der Waals surface area contributed by atoms with Gasteiger partial charge in [0.1, 0.15) is 5.69 Å². The van der Waals surface area contributed by atoms with E-state index in [1.165, 1.54) is 5.56 Å². The van der Waals surface area contributed by atoms with Crippen molar-refractivity contribution in [2.75, 3.05) is 11.4 Å². The Morgan fingerprint density at radius 1 is 0.923 bits per heavy atom. The second-order valence-corrected chi connectivity index (χ2v) is 6.06. The molecule has 26 heavy (non-hydrogen) atoms. The number of hydrogen-bond donors (Lipinski definition) is 1. The summed E-state index contributed by atoms with van der Waals surface area (Å²) in [4.78, 5) is 18.6. The van der Waals surface area contributed by atoms with Crippen molar-refractivity contribution in [3.05, 3.63) is 90.3 Å². The fourth-order valence-corrected chi connectivity index (χ4v) is 2.71. The summed E-state index contributed by atoms with van der Waals surface area (Å²) in [6.45, 7) is 3.42. The van der Waals surface area contributed by atoms with Gasteiger partial charge in [0.05, 0.1) is 11.9 Å². The van der Waals surface area contributed by atoms with E-state index in [2.05, 4.69) is 39.5 Å². The molecule has 0 unspecified atom stereocenters. The van der Waals surface area contributed by atoms with E-state index in [1.54, 1.807) is 12.3 Å². The van der Waals surface area contributed by atoms with Crippen molar-refractivity contribution in [2.24, 2.45) is 0 Å². The summed E-state index contributed by atoms with van der Waals surface area (Å²) in [6.07, 6.45) is 2.67. The number of benzene rings is 2. The van der Waals surface area contributed by atoms with Crippen molar-refractivity contribution in [1.82, 2.24) is 10.3 Å². The van der Waals surface area contributed by atoms with Gasteiger partial charge in [0, 0.05) is 18.8 Å². The predicted octanol–water partition coefficient (Wildman–Crippen LogP) is 4.56. The average molecular weight is 345 g/mol. The van der Waals surface area contributed by atoms with Crippen LogP contribution in [0.5, 0.6) is 0 Å². The first kappa shape index (κ1) is 17.7. The van der Waals surface area contributed by atoms with Gasteiger partial charge in [-0.15, -0.1) is 0 Å². The molecular weight excluding hydrogens is 322 g/mol. The number of rotatable bonds is 7. The maximum Gasteiger partial charge on any atom is 0.269 e. The lowest BCUT2D eigenvalue weighted by Crippen LogP contribution is -2.25. The second-order valence-electron chi connectivity index (χ2n) is 6.06. The molecule has 4 heteroatoms. The van der Waals surface area contributed by atoms with Crippen LogP contribution in [0.1, 0.15) is 29.4 Å². The average Bonchev–Trinajstić information content (AvgIpc) is 2.72. The number of carbonyl (C=O) groups is 1. The van der Waals surface area contributed by atoms with E-state index >= 15 is 0 Å². The highest BCUT2D eigenvalue weighted by atomic mass is 16.1. The van der Waals surface area contributed by atoms with Crippen LogP contribution >= 0.6 is 0 Å². The highest BCUT2D eigenvalue weighted by molar-refractivity contribution is 5.92. The van der Waals surface area contributed by atoms with E-state index < -0.39 is 0 Å². The van der Waals surface area contributed by atoms with Crippen LogP contribution in [0.25, 0.3) is 0 Å². The third-order valence-electron chi connectivity index (χ3n) is 4.08. The van der Waals surface area contributed by atoms with Crippen LogP contribution in [0, 0.1) is 0 Å². The molecule has 0 radical (unpaired) electrons. The van der Waals surface area contributed by atoms with Crippen LogP contribution in [0.15, 0.2) is 79.0 Å². The van der Waals surface area contributed by atoms with Crippen molar-refractivity contribution in [3.8, 4) is 0 Å². The quantitative estimate of drug-likeness (QED) is 0.683. The zero-order valence-electron chi connectivity index (χ0n) is 14.9. The molecule has 3 rings (SSSR count). The van der Waals surface area contributed by atoms with Crippen LogP contribution in [0.4, 0.5) is 11.4 Å². The van der Waals surface area contributed by atoms with Gasteiger partial charge in [-0.25, -0.2) is 4.98 Å². The summed E-state index contributed by atoms with van der Waals surface area (Å²) in [6, 6.07) is 24.2. The Hall–Kier alpha value is -3.14. The monoisotopic (exact) mass is 345 g/mol. The number of hydrogen-bond acceptors (Lipinski definition) is 3. The maximum atomic E-state index is 12.1. The molecule has 0 bridgehead atoms. The SMILES string of the molecule is CCCNC(=O)c1ccc(N(Cc2ccccc2)c2ccccc2)cn1. The third kappa shape index (κ3) is 4.48. The number of amides is 1. The molecule has 0 spiro atoms. The number of para-hydroxylation sites is 1. The van der Waals surface area contributed by atoms with Gasteiger partial charge in [-0.2, -0.15) is 0 Å². The van der Waals surface area contributed by atoms with Crippen LogP contribution in [0.2, 0.25) is 0 Å². The summed E-state index contributed by atoms with van der Waals surface area (Å²) < 4.78 is 0. The van der Waals surface area contributed by atoms with E-state index in [-0.39, 0.29) is 5.91 Å². The van der Waals surface area contributed by atoms with Crippen LogP contribution in [0.3, 0.4) is 0 Å². The predicted molar refractivity (Wildman–Crippen MR) is 106 cm³/mol. The molecule has 3 aromatic rings. The van der Waals surface area contributed by atoms with Crippen molar-refractivity contribution >= 4 is 17.3 Å². The van der Waals surface area contributed by atoms with Gasteiger partial charge in [0.2, 0.25) is 0 Å². The Bertz CT molecular complexity index is 817. The summed E-state index contributed by atoms with van der Waals surface area (Å²) in [5, 5.41) is 2.85. The van der Waals surface area contributed by atoms with E-state index in [4.69, 9.17) is 0 Å². The lowest BCUT2D eigenvalue weighted by atomic mass is 10.1. The van der Waals surface area contributed by atoms with Crippen LogP contribution in [-0.4, -0.2) is 17.4 Å². The second kappa shape index (κ2) is 8.81. The molecule has 0 atom stereocenters. The molecule has 1 N–H and O–H groups in total. The van der Waals surface area contributed by atoms with Crippen molar-refractivity contribution < 1.29 is 4.79 Å². The van der Waals surface area contributed by atoms with Gasteiger partial charge in [-0.3, -0.25) is 4.79 Å². The minimum Gasteiger partial charge on any atom is -0.351 e. The first-order chi connectivity index (χ1) is 12.8. The van der Waals surface area contributed by atoms with Gasteiger partial charge >= 0.3 is 0 Å². The molecule has 0 aliphatic carbocycles. The lowest BCUT2D eigenvalue weighted by Gasteiger charge is -2.25. The van der Waals surface area contributed by atoms with E-state index in [0.29, 0.717) is 12.2 Å². The van der Waals surface area contributed by atoms with E-state index in [9.17, 15) is 4.79 Å². The number of carbonyl (C=O) groups excluding carboxylic acids is 1. The molecule has 0 aliphatic heterocycles. The standard InChI is InChI=1S/C22H23N3O/c1-2-15-23-22(26)21-14-13-20(16-24-21)25(19-11-7-4-8-12-19)17-18-9-5-3-6-10-18/h3-14,16H,2,15,17H2,1H3,(H,23,26). The van der Waals surface area contributed by atoms with E-state index in [1.807, 2.05) is 49.4 Å². The molecule has 1 amide bonds. The number of aromatic nitrogens is 1. The Labute approximate surface area is 154 Å². The minimum absolute atomic E-state index is 0.132. The highest BCUT2D eigenvalue weighted by Gasteiger charge is 2.12. The molecule has 4 nitrogen and oxygen atoms in total. The molecule has 0 saturated carbocycles. The first-order valence-electron chi connectivity index (χ1n) is 8.88. The summed E-state index contributed by atoms with van der Waals surface area (Å²) >= 11 is 0. The zero-order chi connectivity index (χ0) is 18.2. The molecule has 2 aromatic carbocycles. The lowest BCUT2D eigenvalue weighted by molar-refractivity contribution is 0.0948. The molecule has 0 aliphatic rings. The van der Waals surface area contributed by atoms with Crippen molar-refractivity contribution in [2.45, 2.75) is 19.9 Å². The fraction of sp³-hybridized carbons (Fsp3) is 0.182. The van der Waals surface area contributed by atoms with Crippen LogP contribution in [-0.2, 0) is 6.54 Å². The number of anilines is 2. The topological polar surface area (TPSA) is 45.2 Å². The van der Waals surface area contributed by atoms with Gasteiger partial charge in [-0.1, -0.05) is 55.5 Å². The first-order valence-corrected chi connectivity index (χ1v) is 8.88. The number of pyridine rings is 1. The number of nitrogens with one attached hydrogen (secondary N) is 1. The van der Waals surface area contributed by atoms with Gasteiger partial charge in [0.25, 0.3) is 5.91 Å². The molecule has 0 fully saturated rings. The van der Waals surface area contributed by atoms with Gasteiger partial charge < -0.3 is 10.2 Å². The third-order valence-corrected chi connectivity index (χ3v) is 4.08. The molecule has 1 aromatic heterocycles. The number of nitrogens with zero attached hydrogens (tertiary/aromatic N) is 2. The molecule has 1 heterocycles. The highest BCUT2D eigenvalue weighted by Crippen LogP contribution is 2.26. The summed E-state index contributed by atoms with van der Waals surface area (Å²) in [5.41, 5.74) is 3.68. The maximum absolute atomic E-state index is 12.1. The Kier molecular flexibility index (Phi) is 5.99. The normalized spacial score (nSPS) is 10.3. The van der Waals surface area contributed by atoms with Gasteiger partial charge in [0.15, 0.2) is 0 Å². The molecule has 132 valence electrons. The smallest absolute Gasteiger partial charge is 0.269 e. The van der Waals surface area contributed by atoms with Crippen LogP contribution < -0.4 is 10.2 Å². The molecular formula is C22H23N3O.